The van der Waals surface area contributed by atoms with Crippen molar-refractivity contribution in [3.05, 3.63) is 29.3 Å². The van der Waals surface area contributed by atoms with Crippen LogP contribution < -0.4 is 5.32 Å². The van der Waals surface area contributed by atoms with Crippen LogP contribution in [0.15, 0.2) is 18.2 Å². The van der Waals surface area contributed by atoms with Gasteiger partial charge in [-0.15, -0.1) is 0 Å². The van der Waals surface area contributed by atoms with Crippen molar-refractivity contribution >= 4 is 5.69 Å². The van der Waals surface area contributed by atoms with E-state index in [2.05, 4.69) is 5.32 Å². The Hall–Kier alpha value is -1.19. The van der Waals surface area contributed by atoms with Crippen molar-refractivity contribution in [2.45, 2.75) is 43.7 Å². The Morgan fingerprint density at radius 3 is 2.44 bits per heavy atom. The number of halogens is 3. The summed E-state index contributed by atoms with van der Waals surface area (Å²) in [6.45, 7) is 0.662. The molecule has 0 bridgehead atoms. The maximum Gasteiger partial charge on any atom is 0.418 e. The lowest BCUT2D eigenvalue weighted by Crippen LogP contribution is -2.30. The highest BCUT2D eigenvalue weighted by atomic mass is 19.4. The van der Waals surface area contributed by atoms with Gasteiger partial charge in [0.2, 0.25) is 0 Å². The maximum absolute atomic E-state index is 13.0. The van der Waals surface area contributed by atoms with Gasteiger partial charge < -0.3 is 5.32 Å². The summed E-state index contributed by atoms with van der Waals surface area (Å²) in [6, 6.07) is 4.59. The Kier molecular flexibility index (Phi) is 2.57. The molecule has 1 spiro atoms. The summed E-state index contributed by atoms with van der Waals surface area (Å²) in [5, 5.41) is 3.02. The average Bonchev–Trinajstić information content (AvgIpc) is 2.68. The Bertz CT molecular complexity index is 459. The van der Waals surface area contributed by atoms with Crippen molar-refractivity contribution in [3.63, 3.8) is 0 Å². The zero-order chi connectivity index (χ0) is 12.8. The summed E-state index contributed by atoms with van der Waals surface area (Å²) in [7, 11) is 0. The lowest BCUT2D eigenvalue weighted by molar-refractivity contribution is -0.136. The van der Waals surface area contributed by atoms with E-state index in [1.807, 2.05) is 6.07 Å². The van der Waals surface area contributed by atoms with Crippen LogP contribution in [0.25, 0.3) is 0 Å². The number of benzene rings is 1. The molecule has 2 aliphatic rings. The summed E-state index contributed by atoms with van der Waals surface area (Å²) in [4.78, 5) is 0. The molecule has 4 heteroatoms. The van der Waals surface area contributed by atoms with Gasteiger partial charge in [0.25, 0.3) is 0 Å². The molecule has 1 heterocycles. The average molecular weight is 255 g/mol. The minimum absolute atomic E-state index is 0.0468. The van der Waals surface area contributed by atoms with Gasteiger partial charge in [0, 0.05) is 12.0 Å². The molecule has 1 aromatic carbocycles. The Morgan fingerprint density at radius 1 is 1.06 bits per heavy atom. The first-order valence-electron chi connectivity index (χ1n) is 6.48. The minimum Gasteiger partial charge on any atom is -0.383 e. The van der Waals surface area contributed by atoms with Crippen LogP contribution in [0.4, 0.5) is 18.9 Å². The third-order valence-electron chi connectivity index (χ3n) is 4.36. The number of hydrogen-bond acceptors (Lipinski definition) is 1. The smallest absolute Gasteiger partial charge is 0.383 e. The van der Waals surface area contributed by atoms with Crippen molar-refractivity contribution in [2.75, 3.05) is 11.9 Å². The Labute approximate surface area is 104 Å². The van der Waals surface area contributed by atoms with Crippen LogP contribution in [0.1, 0.15) is 43.2 Å². The molecule has 0 saturated heterocycles. The van der Waals surface area contributed by atoms with E-state index in [1.54, 1.807) is 6.07 Å². The predicted molar refractivity (Wildman–Crippen MR) is 64.7 cm³/mol. The molecular weight excluding hydrogens is 239 g/mol. The molecule has 18 heavy (non-hydrogen) atoms. The van der Waals surface area contributed by atoms with Gasteiger partial charge in [-0.3, -0.25) is 0 Å². The fraction of sp³-hybridized carbons (Fsp3) is 0.571. The molecule has 0 unspecified atom stereocenters. The van der Waals surface area contributed by atoms with Crippen molar-refractivity contribution in [2.24, 2.45) is 0 Å². The molecule has 1 aromatic rings. The zero-order valence-corrected chi connectivity index (χ0v) is 10.1. The fourth-order valence-corrected chi connectivity index (χ4v) is 3.45. The molecule has 0 radical (unpaired) electrons. The van der Waals surface area contributed by atoms with Gasteiger partial charge in [0.05, 0.1) is 11.3 Å². The molecule has 98 valence electrons. The van der Waals surface area contributed by atoms with Gasteiger partial charge in [0.15, 0.2) is 0 Å². The van der Waals surface area contributed by atoms with Crippen molar-refractivity contribution in [3.8, 4) is 0 Å². The lowest BCUT2D eigenvalue weighted by Gasteiger charge is -2.33. The van der Waals surface area contributed by atoms with Crippen molar-refractivity contribution in [1.82, 2.24) is 0 Å². The predicted octanol–water partition coefficient (Wildman–Crippen LogP) is 4.33. The standard InChI is InChI=1S/C14H16F3N/c15-14(16,17)11-6-4-5-10-12(11)18-9-13(10)7-2-1-3-8-13/h4-6,18H,1-3,7-9H2. The highest BCUT2D eigenvalue weighted by Crippen LogP contribution is 2.50. The van der Waals surface area contributed by atoms with Gasteiger partial charge >= 0.3 is 6.18 Å². The molecule has 0 aromatic heterocycles. The second-order valence-corrected chi connectivity index (χ2v) is 5.42. The molecule has 1 N–H and O–H groups in total. The first-order chi connectivity index (χ1) is 8.53. The molecule has 1 aliphatic carbocycles. The molecule has 1 aliphatic heterocycles. The Morgan fingerprint density at radius 2 is 1.78 bits per heavy atom. The number of nitrogens with one attached hydrogen (secondary N) is 1. The van der Waals surface area contributed by atoms with E-state index in [9.17, 15) is 13.2 Å². The van der Waals surface area contributed by atoms with Crippen LogP contribution in [0.3, 0.4) is 0 Å². The van der Waals surface area contributed by atoms with Crippen LogP contribution in [0.5, 0.6) is 0 Å². The van der Waals surface area contributed by atoms with Gasteiger partial charge in [-0.05, 0) is 24.5 Å². The van der Waals surface area contributed by atoms with Crippen molar-refractivity contribution in [1.29, 1.82) is 0 Å². The largest absolute Gasteiger partial charge is 0.418 e. The van der Waals surface area contributed by atoms with Crippen LogP contribution in [0.2, 0.25) is 0 Å². The summed E-state index contributed by atoms with van der Waals surface area (Å²) < 4.78 is 38.9. The number of rotatable bonds is 0. The van der Waals surface area contributed by atoms with Gasteiger partial charge in [-0.2, -0.15) is 13.2 Å². The zero-order valence-electron chi connectivity index (χ0n) is 10.1. The highest BCUT2D eigenvalue weighted by Gasteiger charge is 2.44. The first-order valence-corrected chi connectivity index (χ1v) is 6.48. The van der Waals surface area contributed by atoms with E-state index in [-0.39, 0.29) is 5.41 Å². The van der Waals surface area contributed by atoms with E-state index in [4.69, 9.17) is 0 Å². The fourth-order valence-electron chi connectivity index (χ4n) is 3.45. The normalized spacial score (nSPS) is 21.7. The topological polar surface area (TPSA) is 12.0 Å². The Balaban J connectivity index is 2.08. The van der Waals surface area contributed by atoms with E-state index < -0.39 is 11.7 Å². The van der Waals surface area contributed by atoms with Gasteiger partial charge in [-0.25, -0.2) is 0 Å². The van der Waals surface area contributed by atoms with Crippen LogP contribution in [-0.4, -0.2) is 6.54 Å². The molecule has 0 amide bonds. The quantitative estimate of drug-likeness (QED) is 0.727. The number of anilines is 1. The summed E-state index contributed by atoms with van der Waals surface area (Å²) >= 11 is 0. The van der Waals surface area contributed by atoms with E-state index in [0.717, 1.165) is 31.2 Å². The van der Waals surface area contributed by atoms with Gasteiger partial charge in [-0.1, -0.05) is 31.4 Å². The molecular formula is C14H16F3N. The first kappa shape index (κ1) is 11.9. The maximum atomic E-state index is 13.0. The summed E-state index contributed by atoms with van der Waals surface area (Å²) in [6.07, 6.45) is 1.20. The third-order valence-corrected chi connectivity index (χ3v) is 4.36. The number of fused-ring (bicyclic) bond motifs is 2. The molecule has 3 rings (SSSR count). The molecule has 0 atom stereocenters. The highest BCUT2D eigenvalue weighted by molar-refractivity contribution is 5.66. The summed E-state index contributed by atoms with van der Waals surface area (Å²) in [5.41, 5.74) is 0.654. The van der Waals surface area contributed by atoms with E-state index in [0.29, 0.717) is 12.2 Å². The monoisotopic (exact) mass is 255 g/mol. The number of hydrogen-bond donors (Lipinski definition) is 1. The number of alkyl halides is 3. The van der Waals surface area contributed by atoms with Crippen LogP contribution in [0, 0.1) is 0 Å². The lowest BCUT2D eigenvalue weighted by atomic mass is 9.70. The van der Waals surface area contributed by atoms with E-state index >= 15 is 0 Å². The SMILES string of the molecule is FC(F)(F)c1cccc2c1NCC21CCCCC1. The van der Waals surface area contributed by atoms with Crippen LogP contribution >= 0.6 is 0 Å². The van der Waals surface area contributed by atoms with Crippen molar-refractivity contribution < 1.29 is 13.2 Å². The number of para-hydroxylation sites is 1. The molecule has 1 fully saturated rings. The minimum atomic E-state index is -4.27. The summed E-state index contributed by atoms with van der Waals surface area (Å²) in [5.74, 6) is 0. The van der Waals surface area contributed by atoms with Crippen LogP contribution in [-0.2, 0) is 11.6 Å². The second kappa shape index (κ2) is 3.90. The third kappa shape index (κ3) is 1.70. The molecule has 1 nitrogen and oxygen atoms in total. The second-order valence-electron chi connectivity index (χ2n) is 5.42. The van der Waals surface area contributed by atoms with E-state index in [1.165, 1.54) is 12.5 Å². The van der Waals surface area contributed by atoms with Gasteiger partial charge in [0.1, 0.15) is 0 Å². The molecule has 1 saturated carbocycles.